The molecule has 0 bridgehead atoms. The maximum Gasteiger partial charge on any atom is 0.306 e. The Balaban J connectivity index is 1.62. The Morgan fingerprint density at radius 2 is 2.18 bits per heavy atom. The van der Waals surface area contributed by atoms with Crippen molar-refractivity contribution in [1.29, 1.82) is 0 Å². The molecular formula is C14H24O3. The Hall–Kier alpha value is -0.570. The zero-order valence-corrected chi connectivity index (χ0v) is 10.8. The lowest BCUT2D eigenvalue weighted by molar-refractivity contribution is -0.151. The van der Waals surface area contributed by atoms with E-state index in [4.69, 9.17) is 9.47 Å². The molecule has 0 aromatic rings. The van der Waals surface area contributed by atoms with Crippen molar-refractivity contribution < 1.29 is 14.3 Å². The zero-order chi connectivity index (χ0) is 12.1. The molecule has 2 aliphatic rings. The van der Waals surface area contributed by atoms with Crippen molar-refractivity contribution >= 4 is 5.97 Å². The molecule has 17 heavy (non-hydrogen) atoms. The second-order valence-electron chi connectivity index (χ2n) is 5.56. The minimum atomic E-state index is -0.0281. The van der Waals surface area contributed by atoms with Crippen LogP contribution in [0, 0.1) is 5.92 Å². The molecular weight excluding hydrogens is 216 g/mol. The van der Waals surface area contributed by atoms with Crippen LogP contribution in [-0.2, 0) is 14.3 Å². The van der Waals surface area contributed by atoms with E-state index in [1.807, 2.05) is 0 Å². The van der Waals surface area contributed by atoms with Crippen molar-refractivity contribution in [2.75, 3.05) is 6.61 Å². The summed E-state index contributed by atoms with van der Waals surface area (Å²) >= 11 is 0. The maximum atomic E-state index is 11.7. The highest BCUT2D eigenvalue weighted by Crippen LogP contribution is 2.26. The summed E-state index contributed by atoms with van der Waals surface area (Å²) < 4.78 is 11.0. The van der Waals surface area contributed by atoms with Gasteiger partial charge in [-0.15, -0.1) is 0 Å². The lowest BCUT2D eigenvalue weighted by Crippen LogP contribution is -2.25. The fourth-order valence-corrected chi connectivity index (χ4v) is 2.88. The van der Waals surface area contributed by atoms with Gasteiger partial charge in [0.05, 0.1) is 6.10 Å². The molecule has 98 valence electrons. The van der Waals surface area contributed by atoms with Gasteiger partial charge in [0.1, 0.15) is 6.10 Å². The predicted molar refractivity (Wildman–Crippen MR) is 65.7 cm³/mol. The molecule has 2 fully saturated rings. The monoisotopic (exact) mass is 240 g/mol. The number of esters is 1. The third-order valence-electron chi connectivity index (χ3n) is 3.88. The topological polar surface area (TPSA) is 35.5 Å². The number of rotatable bonds is 4. The van der Waals surface area contributed by atoms with Gasteiger partial charge in [-0.05, 0) is 44.4 Å². The van der Waals surface area contributed by atoms with E-state index < -0.39 is 0 Å². The van der Waals surface area contributed by atoms with Crippen molar-refractivity contribution in [1.82, 2.24) is 0 Å². The summed E-state index contributed by atoms with van der Waals surface area (Å²) in [5.41, 5.74) is 0. The molecule has 0 spiro atoms. The van der Waals surface area contributed by atoms with E-state index in [0.717, 1.165) is 38.7 Å². The van der Waals surface area contributed by atoms with Gasteiger partial charge in [0.25, 0.3) is 0 Å². The summed E-state index contributed by atoms with van der Waals surface area (Å²) in [5, 5.41) is 0. The minimum absolute atomic E-state index is 0.0281. The van der Waals surface area contributed by atoms with E-state index in [0.29, 0.717) is 18.4 Å². The van der Waals surface area contributed by atoms with Gasteiger partial charge in [-0.3, -0.25) is 4.79 Å². The summed E-state index contributed by atoms with van der Waals surface area (Å²) in [6.45, 7) is 3.10. The molecule has 1 heterocycles. The van der Waals surface area contributed by atoms with E-state index in [2.05, 4.69) is 6.92 Å². The Morgan fingerprint density at radius 3 is 2.88 bits per heavy atom. The molecule has 0 radical (unpaired) electrons. The van der Waals surface area contributed by atoms with Crippen LogP contribution in [0.5, 0.6) is 0 Å². The van der Waals surface area contributed by atoms with Crippen LogP contribution in [0.4, 0.5) is 0 Å². The molecule has 2 rings (SSSR count). The third kappa shape index (κ3) is 4.30. The molecule has 0 aromatic heterocycles. The lowest BCUT2D eigenvalue weighted by Gasteiger charge is -2.26. The number of ether oxygens (including phenoxy) is 2. The van der Waals surface area contributed by atoms with Crippen LogP contribution in [0.15, 0.2) is 0 Å². The first kappa shape index (κ1) is 12.9. The van der Waals surface area contributed by atoms with Gasteiger partial charge in [-0.25, -0.2) is 0 Å². The van der Waals surface area contributed by atoms with Gasteiger partial charge in [-0.1, -0.05) is 13.3 Å². The van der Waals surface area contributed by atoms with Crippen molar-refractivity contribution in [2.45, 2.75) is 70.5 Å². The summed E-state index contributed by atoms with van der Waals surface area (Å²) in [6.07, 6.45) is 8.66. The molecule has 1 aliphatic carbocycles. The SMILES string of the molecule is CC1CCCC(OC(=O)CCC2CCCO2)C1. The second kappa shape index (κ2) is 6.39. The van der Waals surface area contributed by atoms with Gasteiger partial charge >= 0.3 is 5.97 Å². The molecule has 3 heteroatoms. The second-order valence-corrected chi connectivity index (χ2v) is 5.56. The molecule has 3 unspecified atom stereocenters. The van der Waals surface area contributed by atoms with Gasteiger partial charge in [0, 0.05) is 13.0 Å². The largest absolute Gasteiger partial charge is 0.462 e. The standard InChI is InChI=1S/C14H24O3/c1-11-4-2-5-13(10-11)17-14(15)8-7-12-6-3-9-16-12/h11-13H,2-10H2,1H3. The zero-order valence-electron chi connectivity index (χ0n) is 10.8. The first-order chi connectivity index (χ1) is 8.24. The van der Waals surface area contributed by atoms with E-state index in [9.17, 15) is 4.79 Å². The fourth-order valence-electron chi connectivity index (χ4n) is 2.88. The fraction of sp³-hybridized carbons (Fsp3) is 0.929. The average molecular weight is 240 g/mol. The van der Waals surface area contributed by atoms with Gasteiger partial charge in [0.15, 0.2) is 0 Å². The lowest BCUT2D eigenvalue weighted by atomic mass is 9.89. The van der Waals surface area contributed by atoms with Crippen LogP contribution >= 0.6 is 0 Å². The molecule has 0 N–H and O–H groups in total. The number of hydrogen-bond acceptors (Lipinski definition) is 3. The van der Waals surface area contributed by atoms with Gasteiger partial charge < -0.3 is 9.47 Å². The number of carbonyl (C=O) groups excluding carboxylic acids is 1. The third-order valence-corrected chi connectivity index (χ3v) is 3.88. The molecule has 0 aromatic carbocycles. The van der Waals surface area contributed by atoms with Crippen LogP contribution < -0.4 is 0 Å². The van der Waals surface area contributed by atoms with Gasteiger partial charge in [0.2, 0.25) is 0 Å². The molecule has 3 atom stereocenters. The van der Waals surface area contributed by atoms with Crippen molar-refractivity contribution in [3.8, 4) is 0 Å². The highest BCUT2D eigenvalue weighted by atomic mass is 16.5. The van der Waals surface area contributed by atoms with Crippen LogP contribution in [0.1, 0.15) is 58.3 Å². The summed E-state index contributed by atoms with van der Waals surface area (Å²) in [6, 6.07) is 0. The van der Waals surface area contributed by atoms with Crippen LogP contribution in [0.2, 0.25) is 0 Å². The van der Waals surface area contributed by atoms with Gasteiger partial charge in [-0.2, -0.15) is 0 Å². The Morgan fingerprint density at radius 1 is 1.29 bits per heavy atom. The summed E-state index contributed by atoms with van der Waals surface area (Å²) in [4.78, 5) is 11.7. The molecule has 0 amide bonds. The van der Waals surface area contributed by atoms with Crippen molar-refractivity contribution in [3.05, 3.63) is 0 Å². The maximum absolute atomic E-state index is 11.7. The number of hydrogen-bond donors (Lipinski definition) is 0. The van der Waals surface area contributed by atoms with E-state index in [1.54, 1.807) is 0 Å². The van der Waals surface area contributed by atoms with E-state index in [1.165, 1.54) is 12.8 Å². The highest BCUT2D eigenvalue weighted by molar-refractivity contribution is 5.69. The number of carbonyl (C=O) groups is 1. The first-order valence-electron chi connectivity index (χ1n) is 7.05. The Kier molecular flexibility index (Phi) is 4.84. The molecule has 1 saturated carbocycles. The predicted octanol–water partition coefficient (Wildman–Crippen LogP) is 3.07. The molecule has 1 aliphatic heterocycles. The smallest absolute Gasteiger partial charge is 0.306 e. The highest BCUT2D eigenvalue weighted by Gasteiger charge is 2.23. The minimum Gasteiger partial charge on any atom is -0.462 e. The molecule has 1 saturated heterocycles. The average Bonchev–Trinajstić information content (AvgIpc) is 2.79. The first-order valence-corrected chi connectivity index (χ1v) is 7.05. The van der Waals surface area contributed by atoms with Crippen LogP contribution in [0.3, 0.4) is 0 Å². The summed E-state index contributed by atoms with van der Waals surface area (Å²) in [7, 11) is 0. The summed E-state index contributed by atoms with van der Waals surface area (Å²) in [5.74, 6) is 0.680. The Labute approximate surface area is 104 Å². The van der Waals surface area contributed by atoms with Crippen molar-refractivity contribution in [3.63, 3.8) is 0 Å². The molecule has 3 nitrogen and oxygen atoms in total. The quantitative estimate of drug-likeness (QED) is 0.708. The normalized spacial score (nSPS) is 33.6. The van der Waals surface area contributed by atoms with E-state index >= 15 is 0 Å². The Bertz CT molecular complexity index is 246. The van der Waals surface area contributed by atoms with Crippen LogP contribution in [0.25, 0.3) is 0 Å². The van der Waals surface area contributed by atoms with Crippen molar-refractivity contribution in [2.24, 2.45) is 5.92 Å². The van der Waals surface area contributed by atoms with Crippen LogP contribution in [-0.4, -0.2) is 24.8 Å². The van der Waals surface area contributed by atoms with E-state index in [-0.39, 0.29) is 12.1 Å².